The first kappa shape index (κ1) is 12.3. The summed E-state index contributed by atoms with van der Waals surface area (Å²) in [4.78, 5) is 0. The fourth-order valence-corrected chi connectivity index (χ4v) is 3.10. The molecule has 1 aromatic rings. The minimum absolute atomic E-state index is 0.0118. The zero-order valence-electron chi connectivity index (χ0n) is 10.0. The number of ether oxygens (including phenoxy) is 3. The maximum Gasteiger partial charge on any atom is 0.231 e. The second kappa shape index (κ2) is 5.07. The zero-order chi connectivity index (χ0) is 12.5. The first-order chi connectivity index (χ1) is 8.75. The lowest BCUT2D eigenvalue weighted by molar-refractivity contribution is 0.0583. The van der Waals surface area contributed by atoms with Crippen LogP contribution in [0.15, 0.2) is 16.6 Å². The normalized spacial score (nSPS) is 21.0. The van der Waals surface area contributed by atoms with Crippen molar-refractivity contribution in [2.45, 2.75) is 18.9 Å². The molecule has 4 nitrogen and oxygen atoms in total. The third kappa shape index (κ3) is 2.22. The molecule has 1 saturated heterocycles. The van der Waals surface area contributed by atoms with Gasteiger partial charge in [0.2, 0.25) is 6.79 Å². The van der Waals surface area contributed by atoms with E-state index in [4.69, 9.17) is 19.9 Å². The Morgan fingerprint density at radius 1 is 1.17 bits per heavy atom. The highest BCUT2D eigenvalue weighted by atomic mass is 79.9. The molecule has 2 N–H and O–H groups in total. The molecule has 5 heteroatoms. The summed E-state index contributed by atoms with van der Waals surface area (Å²) in [5.74, 6) is 2.04. The molecule has 0 unspecified atom stereocenters. The standard InChI is InChI=1S/C13H16BrNO3/c14-10-6-12-11(17-7-18-12)5-9(10)13(15)8-1-3-16-4-2-8/h5-6,8,13H,1-4,7,15H2/t13-/m0/s1. The Morgan fingerprint density at radius 3 is 2.56 bits per heavy atom. The molecular formula is C13H16BrNO3. The Kier molecular flexibility index (Phi) is 3.46. The third-order valence-electron chi connectivity index (χ3n) is 3.62. The SMILES string of the molecule is N[C@H](c1cc2c(cc1Br)OCO2)C1CCOCC1. The highest BCUT2D eigenvalue weighted by Crippen LogP contribution is 2.41. The summed E-state index contributed by atoms with van der Waals surface area (Å²) in [7, 11) is 0. The van der Waals surface area contributed by atoms with Gasteiger partial charge in [-0.15, -0.1) is 0 Å². The molecule has 1 aromatic carbocycles. The Labute approximate surface area is 115 Å². The van der Waals surface area contributed by atoms with Gasteiger partial charge >= 0.3 is 0 Å². The molecule has 0 amide bonds. The maximum atomic E-state index is 6.38. The minimum atomic E-state index is 0.0118. The van der Waals surface area contributed by atoms with Crippen LogP contribution in [0, 0.1) is 5.92 Å². The molecule has 18 heavy (non-hydrogen) atoms. The van der Waals surface area contributed by atoms with Gasteiger partial charge < -0.3 is 19.9 Å². The van der Waals surface area contributed by atoms with Gasteiger partial charge in [-0.2, -0.15) is 0 Å². The average molecular weight is 314 g/mol. The van der Waals surface area contributed by atoms with Crippen molar-refractivity contribution in [2.24, 2.45) is 11.7 Å². The van der Waals surface area contributed by atoms with Gasteiger partial charge in [0.1, 0.15) is 0 Å². The van der Waals surface area contributed by atoms with Crippen LogP contribution in [0.5, 0.6) is 11.5 Å². The van der Waals surface area contributed by atoms with Crippen LogP contribution in [0.3, 0.4) is 0 Å². The van der Waals surface area contributed by atoms with Gasteiger partial charge in [-0.1, -0.05) is 15.9 Å². The Morgan fingerprint density at radius 2 is 1.83 bits per heavy atom. The highest BCUT2D eigenvalue weighted by molar-refractivity contribution is 9.10. The minimum Gasteiger partial charge on any atom is -0.454 e. The first-order valence-corrected chi connectivity index (χ1v) is 6.97. The topological polar surface area (TPSA) is 53.7 Å². The largest absolute Gasteiger partial charge is 0.454 e. The molecule has 2 heterocycles. The van der Waals surface area contributed by atoms with Crippen molar-refractivity contribution in [1.29, 1.82) is 0 Å². The van der Waals surface area contributed by atoms with Gasteiger partial charge in [-0.3, -0.25) is 0 Å². The monoisotopic (exact) mass is 313 g/mol. The molecule has 98 valence electrons. The Hall–Kier alpha value is -0.780. The zero-order valence-corrected chi connectivity index (χ0v) is 11.6. The van der Waals surface area contributed by atoms with Crippen LogP contribution < -0.4 is 15.2 Å². The van der Waals surface area contributed by atoms with Crippen LogP contribution in [0.25, 0.3) is 0 Å². The summed E-state index contributed by atoms with van der Waals surface area (Å²) in [5, 5.41) is 0. The number of rotatable bonds is 2. The molecule has 1 fully saturated rings. The summed E-state index contributed by atoms with van der Waals surface area (Å²) in [5.41, 5.74) is 7.47. The highest BCUT2D eigenvalue weighted by Gasteiger charge is 2.26. The van der Waals surface area contributed by atoms with Gasteiger partial charge in [0.25, 0.3) is 0 Å². The van der Waals surface area contributed by atoms with Crippen LogP contribution in [0.1, 0.15) is 24.4 Å². The Bertz CT molecular complexity index is 446. The molecule has 0 saturated carbocycles. The van der Waals surface area contributed by atoms with Crippen molar-refractivity contribution < 1.29 is 14.2 Å². The molecule has 2 aliphatic heterocycles. The van der Waals surface area contributed by atoms with Crippen molar-refractivity contribution in [3.05, 3.63) is 22.2 Å². The lowest BCUT2D eigenvalue weighted by Gasteiger charge is -2.28. The van der Waals surface area contributed by atoms with E-state index in [-0.39, 0.29) is 12.8 Å². The second-order valence-corrected chi connectivity index (χ2v) is 5.56. The van der Waals surface area contributed by atoms with Crippen molar-refractivity contribution in [1.82, 2.24) is 0 Å². The van der Waals surface area contributed by atoms with Gasteiger partial charge in [-0.05, 0) is 36.5 Å². The van der Waals surface area contributed by atoms with Crippen molar-refractivity contribution in [3.8, 4) is 11.5 Å². The molecule has 3 rings (SSSR count). The second-order valence-electron chi connectivity index (χ2n) is 4.70. The average Bonchev–Trinajstić information content (AvgIpc) is 2.85. The van der Waals surface area contributed by atoms with E-state index in [1.165, 1.54) is 0 Å². The van der Waals surface area contributed by atoms with Crippen LogP contribution >= 0.6 is 15.9 Å². The molecule has 0 bridgehead atoms. The third-order valence-corrected chi connectivity index (χ3v) is 4.31. The van der Waals surface area contributed by atoms with E-state index in [9.17, 15) is 0 Å². The lowest BCUT2D eigenvalue weighted by atomic mass is 9.87. The molecule has 2 aliphatic rings. The van der Waals surface area contributed by atoms with E-state index in [0.717, 1.165) is 47.6 Å². The summed E-state index contributed by atoms with van der Waals surface area (Å²) >= 11 is 3.57. The van der Waals surface area contributed by atoms with E-state index >= 15 is 0 Å². The van der Waals surface area contributed by atoms with E-state index in [2.05, 4.69) is 15.9 Å². The van der Waals surface area contributed by atoms with Crippen LogP contribution in [0.4, 0.5) is 0 Å². The maximum absolute atomic E-state index is 6.38. The quantitative estimate of drug-likeness (QED) is 0.912. The summed E-state index contributed by atoms with van der Waals surface area (Å²) < 4.78 is 17.1. The number of hydrogen-bond acceptors (Lipinski definition) is 4. The van der Waals surface area contributed by atoms with E-state index in [0.29, 0.717) is 5.92 Å². The molecule has 0 spiro atoms. The molecule has 0 radical (unpaired) electrons. The van der Waals surface area contributed by atoms with Gasteiger partial charge in [-0.25, -0.2) is 0 Å². The molecule has 0 aliphatic carbocycles. The van der Waals surface area contributed by atoms with Crippen LogP contribution in [-0.4, -0.2) is 20.0 Å². The van der Waals surface area contributed by atoms with Gasteiger partial charge in [0, 0.05) is 23.7 Å². The predicted octanol–water partition coefficient (Wildman–Crippen LogP) is 2.60. The van der Waals surface area contributed by atoms with Gasteiger partial charge in [0.15, 0.2) is 11.5 Å². The van der Waals surface area contributed by atoms with Crippen molar-refractivity contribution >= 4 is 15.9 Å². The number of nitrogens with two attached hydrogens (primary N) is 1. The molecule has 0 aromatic heterocycles. The van der Waals surface area contributed by atoms with E-state index in [1.54, 1.807) is 0 Å². The van der Waals surface area contributed by atoms with Crippen molar-refractivity contribution in [3.63, 3.8) is 0 Å². The molecule has 1 atom stereocenters. The summed E-state index contributed by atoms with van der Waals surface area (Å²) in [6.45, 7) is 1.90. The van der Waals surface area contributed by atoms with Crippen LogP contribution in [0.2, 0.25) is 0 Å². The fraction of sp³-hybridized carbons (Fsp3) is 0.538. The summed E-state index contributed by atoms with van der Waals surface area (Å²) in [6.07, 6.45) is 2.03. The number of hydrogen-bond donors (Lipinski definition) is 1. The predicted molar refractivity (Wildman–Crippen MR) is 70.7 cm³/mol. The number of benzene rings is 1. The fourth-order valence-electron chi connectivity index (χ4n) is 2.52. The summed E-state index contributed by atoms with van der Waals surface area (Å²) in [6, 6.07) is 3.95. The Balaban J connectivity index is 1.86. The van der Waals surface area contributed by atoms with Crippen molar-refractivity contribution in [2.75, 3.05) is 20.0 Å². The van der Waals surface area contributed by atoms with E-state index < -0.39 is 0 Å². The number of halogens is 1. The lowest BCUT2D eigenvalue weighted by Crippen LogP contribution is -2.27. The number of fused-ring (bicyclic) bond motifs is 1. The first-order valence-electron chi connectivity index (χ1n) is 6.18. The van der Waals surface area contributed by atoms with Crippen LogP contribution in [-0.2, 0) is 4.74 Å². The van der Waals surface area contributed by atoms with E-state index in [1.807, 2.05) is 12.1 Å². The van der Waals surface area contributed by atoms with Gasteiger partial charge in [0.05, 0.1) is 0 Å². The molecular weight excluding hydrogens is 298 g/mol. The smallest absolute Gasteiger partial charge is 0.231 e.